The quantitative estimate of drug-likeness (QED) is 0.426. The van der Waals surface area contributed by atoms with Gasteiger partial charge in [0.2, 0.25) is 0 Å². The molecule has 0 spiro atoms. The van der Waals surface area contributed by atoms with Crippen LogP contribution in [0.1, 0.15) is 20.7 Å². The van der Waals surface area contributed by atoms with E-state index in [1.165, 1.54) is 12.1 Å². The van der Waals surface area contributed by atoms with Crippen molar-refractivity contribution in [2.45, 2.75) is 0 Å². The molecule has 0 atom stereocenters. The molecule has 3 aromatic rings. The Kier molecular flexibility index (Phi) is 4.85. The molecule has 6 heteroatoms. The molecule has 0 saturated carbocycles. The molecular formula is C20H16N2O4. The van der Waals surface area contributed by atoms with Gasteiger partial charge in [0.25, 0.3) is 0 Å². The van der Waals surface area contributed by atoms with Crippen molar-refractivity contribution in [2.75, 3.05) is 11.5 Å². The summed E-state index contributed by atoms with van der Waals surface area (Å²) in [6.45, 7) is 0. The standard InChI is InChI=1S/C20H16N2O4/c21-14-6-3-5-13(11-14)19(23)25-15-7-4-8-16(12-15)26-20(24)17-9-1-2-10-18(17)22/h1-12H,21-22H2. The lowest BCUT2D eigenvalue weighted by atomic mass is 10.2. The number of hydrogen-bond acceptors (Lipinski definition) is 6. The van der Waals surface area contributed by atoms with Crippen LogP contribution in [0.2, 0.25) is 0 Å². The number of carbonyl (C=O) groups excluding carboxylic acids is 2. The van der Waals surface area contributed by atoms with Gasteiger partial charge in [0.15, 0.2) is 0 Å². The number of para-hydroxylation sites is 1. The molecule has 0 aromatic heterocycles. The number of nitrogen functional groups attached to an aromatic ring is 2. The smallest absolute Gasteiger partial charge is 0.345 e. The lowest BCUT2D eigenvalue weighted by Crippen LogP contribution is -2.11. The van der Waals surface area contributed by atoms with Gasteiger partial charge in [-0.05, 0) is 42.5 Å². The lowest BCUT2D eigenvalue weighted by Gasteiger charge is -2.09. The Morgan fingerprint density at radius 2 is 1.35 bits per heavy atom. The minimum absolute atomic E-state index is 0.233. The average molecular weight is 348 g/mol. The monoisotopic (exact) mass is 348 g/mol. The molecule has 130 valence electrons. The highest BCUT2D eigenvalue weighted by Gasteiger charge is 2.13. The Hall–Kier alpha value is -3.80. The summed E-state index contributed by atoms with van der Waals surface area (Å²) in [5, 5.41) is 0. The molecule has 6 nitrogen and oxygen atoms in total. The van der Waals surface area contributed by atoms with Crippen LogP contribution >= 0.6 is 0 Å². The fourth-order valence-electron chi connectivity index (χ4n) is 2.28. The third-order valence-electron chi connectivity index (χ3n) is 3.53. The molecule has 0 aliphatic rings. The van der Waals surface area contributed by atoms with Gasteiger partial charge < -0.3 is 20.9 Å². The van der Waals surface area contributed by atoms with Crippen molar-refractivity contribution < 1.29 is 19.1 Å². The maximum atomic E-state index is 12.2. The van der Waals surface area contributed by atoms with Crippen molar-refractivity contribution in [1.29, 1.82) is 0 Å². The number of esters is 2. The highest BCUT2D eigenvalue weighted by Crippen LogP contribution is 2.22. The number of rotatable bonds is 4. The van der Waals surface area contributed by atoms with E-state index in [9.17, 15) is 9.59 Å². The number of hydrogen-bond donors (Lipinski definition) is 2. The fraction of sp³-hybridized carbons (Fsp3) is 0. The summed E-state index contributed by atoms with van der Waals surface area (Å²) < 4.78 is 10.6. The van der Waals surface area contributed by atoms with Crippen LogP contribution in [0.15, 0.2) is 72.8 Å². The van der Waals surface area contributed by atoms with Crippen LogP contribution < -0.4 is 20.9 Å². The first kappa shape index (κ1) is 17.0. The maximum Gasteiger partial charge on any atom is 0.345 e. The second-order valence-electron chi connectivity index (χ2n) is 5.47. The normalized spacial score (nSPS) is 10.2. The molecule has 0 bridgehead atoms. The summed E-state index contributed by atoms with van der Waals surface area (Å²) in [6.07, 6.45) is 0. The first-order valence-electron chi connectivity index (χ1n) is 7.77. The van der Waals surface area contributed by atoms with Crippen molar-refractivity contribution in [3.63, 3.8) is 0 Å². The van der Waals surface area contributed by atoms with Crippen LogP contribution in [0, 0.1) is 0 Å². The summed E-state index contributed by atoms with van der Waals surface area (Å²) in [4.78, 5) is 24.4. The van der Waals surface area contributed by atoms with Crippen molar-refractivity contribution >= 4 is 23.3 Å². The largest absolute Gasteiger partial charge is 0.423 e. The molecule has 0 aliphatic heterocycles. The molecule has 0 radical (unpaired) electrons. The Morgan fingerprint density at radius 3 is 2.04 bits per heavy atom. The van der Waals surface area contributed by atoms with E-state index < -0.39 is 11.9 Å². The zero-order valence-electron chi connectivity index (χ0n) is 13.7. The number of anilines is 2. The first-order valence-corrected chi connectivity index (χ1v) is 7.77. The number of ether oxygens (including phenoxy) is 2. The fourth-order valence-corrected chi connectivity index (χ4v) is 2.28. The SMILES string of the molecule is Nc1cccc(C(=O)Oc2cccc(OC(=O)c3ccccc3N)c2)c1. The maximum absolute atomic E-state index is 12.2. The van der Waals surface area contributed by atoms with E-state index in [0.29, 0.717) is 16.9 Å². The summed E-state index contributed by atoms with van der Waals surface area (Å²) in [6, 6.07) is 19.3. The Balaban J connectivity index is 1.73. The van der Waals surface area contributed by atoms with Gasteiger partial charge in [-0.15, -0.1) is 0 Å². The Labute approximate surface area is 150 Å². The molecule has 0 amide bonds. The molecule has 0 saturated heterocycles. The lowest BCUT2D eigenvalue weighted by molar-refractivity contribution is 0.0733. The molecule has 26 heavy (non-hydrogen) atoms. The predicted molar refractivity (Wildman–Crippen MR) is 98.1 cm³/mol. The van der Waals surface area contributed by atoms with Gasteiger partial charge in [-0.2, -0.15) is 0 Å². The van der Waals surface area contributed by atoms with Gasteiger partial charge in [-0.25, -0.2) is 9.59 Å². The van der Waals surface area contributed by atoms with Gasteiger partial charge in [0.05, 0.1) is 11.1 Å². The molecule has 3 rings (SSSR count). The van der Waals surface area contributed by atoms with E-state index in [1.807, 2.05) is 0 Å². The van der Waals surface area contributed by atoms with E-state index in [0.717, 1.165) is 0 Å². The van der Waals surface area contributed by atoms with Gasteiger partial charge >= 0.3 is 11.9 Å². The highest BCUT2D eigenvalue weighted by molar-refractivity contribution is 5.96. The zero-order valence-corrected chi connectivity index (χ0v) is 13.7. The molecule has 0 aliphatic carbocycles. The second-order valence-corrected chi connectivity index (χ2v) is 5.47. The van der Waals surface area contributed by atoms with Gasteiger partial charge in [-0.1, -0.05) is 24.3 Å². The minimum atomic E-state index is -0.595. The van der Waals surface area contributed by atoms with Gasteiger partial charge in [0, 0.05) is 17.4 Å². The predicted octanol–water partition coefficient (Wildman–Crippen LogP) is 3.29. The number of carbonyl (C=O) groups is 2. The van der Waals surface area contributed by atoms with E-state index >= 15 is 0 Å². The molecule has 0 heterocycles. The van der Waals surface area contributed by atoms with Crippen LogP contribution in [0.4, 0.5) is 11.4 Å². The van der Waals surface area contributed by atoms with E-state index in [1.54, 1.807) is 60.7 Å². The summed E-state index contributed by atoms with van der Waals surface area (Å²) in [7, 11) is 0. The van der Waals surface area contributed by atoms with Crippen LogP contribution in [-0.4, -0.2) is 11.9 Å². The van der Waals surface area contributed by atoms with Crippen molar-refractivity contribution in [1.82, 2.24) is 0 Å². The minimum Gasteiger partial charge on any atom is -0.423 e. The molecular weight excluding hydrogens is 332 g/mol. The van der Waals surface area contributed by atoms with Crippen molar-refractivity contribution in [3.05, 3.63) is 83.9 Å². The van der Waals surface area contributed by atoms with Gasteiger partial charge in [-0.3, -0.25) is 0 Å². The van der Waals surface area contributed by atoms with Crippen LogP contribution in [-0.2, 0) is 0 Å². The van der Waals surface area contributed by atoms with Gasteiger partial charge in [0.1, 0.15) is 11.5 Å². The van der Waals surface area contributed by atoms with Crippen LogP contribution in [0.3, 0.4) is 0 Å². The molecule has 3 aromatic carbocycles. The third-order valence-corrected chi connectivity index (χ3v) is 3.53. The summed E-state index contributed by atoms with van der Waals surface area (Å²) >= 11 is 0. The Morgan fingerprint density at radius 1 is 0.692 bits per heavy atom. The van der Waals surface area contributed by atoms with Crippen LogP contribution in [0.25, 0.3) is 0 Å². The second kappa shape index (κ2) is 7.40. The molecule has 0 fully saturated rings. The Bertz CT molecular complexity index is 969. The van der Waals surface area contributed by atoms with Crippen molar-refractivity contribution in [3.8, 4) is 11.5 Å². The van der Waals surface area contributed by atoms with E-state index in [4.69, 9.17) is 20.9 Å². The molecule has 0 unspecified atom stereocenters. The third kappa shape index (κ3) is 3.99. The first-order chi connectivity index (χ1) is 12.5. The number of benzene rings is 3. The molecule has 4 N–H and O–H groups in total. The van der Waals surface area contributed by atoms with E-state index in [-0.39, 0.29) is 17.1 Å². The zero-order chi connectivity index (χ0) is 18.5. The van der Waals surface area contributed by atoms with E-state index in [2.05, 4.69) is 0 Å². The van der Waals surface area contributed by atoms with Crippen LogP contribution in [0.5, 0.6) is 11.5 Å². The summed E-state index contributed by atoms with van der Waals surface area (Å²) in [5.41, 5.74) is 12.8. The number of nitrogens with two attached hydrogens (primary N) is 2. The highest BCUT2D eigenvalue weighted by atomic mass is 16.5. The summed E-state index contributed by atoms with van der Waals surface area (Å²) in [5.74, 6) is -0.685. The average Bonchev–Trinajstić information content (AvgIpc) is 2.62. The topological polar surface area (TPSA) is 105 Å². The van der Waals surface area contributed by atoms with Crippen molar-refractivity contribution in [2.24, 2.45) is 0 Å².